The average Bonchev–Trinajstić information content (AvgIpc) is 3.87. The van der Waals surface area contributed by atoms with Gasteiger partial charge in [0, 0.05) is 45.1 Å². The summed E-state index contributed by atoms with van der Waals surface area (Å²) in [6, 6.07) is 9.76. The summed E-state index contributed by atoms with van der Waals surface area (Å²) in [5, 5.41) is 17.7. The molecule has 0 radical (unpaired) electrons. The van der Waals surface area contributed by atoms with Crippen molar-refractivity contribution in [2.45, 2.75) is 45.6 Å². The number of benzene rings is 1. The van der Waals surface area contributed by atoms with Crippen molar-refractivity contribution < 1.29 is 42.5 Å². The molecule has 0 aliphatic heterocycles. The number of ether oxygens (including phenoxy) is 5. The summed E-state index contributed by atoms with van der Waals surface area (Å²) < 4.78 is 35.4. The van der Waals surface area contributed by atoms with Crippen molar-refractivity contribution in [2.75, 3.05) is 63.4 Å². The summed E-state index contributed by atoms with van der Waals surface area (Å²) in [5.41, 5.74) is 1.56. The Hall–Kier alpha value is -5.59. The molecule has 0 saturated heterocycles. The van der Waals surface area contributed by atoms with Crippen LogP contribution in [-0.4, -0.2) is 106 Å². The molecule has 0 bridgehead atoms. The molecule has 3 amide bonds. The molecule has 0 aliphatic carbocycles. The van der Waals surface area contributed by atoms with Gasteiger partial charge in [-0.25, -0.2) is 14.6 Å². The first kappa shape index (κ1) is 38.6. The number of esters is 1. The van der Waals surface area contributed by atoms with Crippen LogP contribution in [0.25, 0.3) is 28.3 Å². The van der Waals surface area contributed by atoms with Crippen molar-refractivity contribution in [3.05, 3.63) is 54.4 Å². The van der Waals surface area contributed by atoms with Crippen LogP contribution in [0, 0.1) is 0 Å². The number of furan rings is 1. The van der Waals surface area contributed by atoms with Gasteiger partial charge in [-0.3, -0.25) is 14.8 Å². The Kier molecular flexibility index (Phi) is 13.7. The highest BCUT2D eigenvalue weighted by molar-refractivity contribution is 6.00. The predicted octanol–water partition coefficient (Wildman–Crippen LogP) is 4.36. The minimum absolute atomic E-state index is 0.0831. The van der Waals surface area contributed by atoms with Gasteiger partial charge in [0.25, 0.3) is 0 Å². The normalized spacial score (nSPS) is 11.5. The van der Waals surface area contributed by atoms with Crippen LogP contribution in [0.2, 0.25) is 0 Å². The van der Waals surface area contributed by atoms with Crippen LogP contribution < -0.4 is 16.0 Å². The molecule has 0 fully saturated rings. The predicted molar refractivity (Wildman–Crippen MR) is 192 cm³/mol. The molecule has 18 nitrogen and oxygen atoms in total. The first-order valence-electron chi connectivity index (χ1n) is 17.2. The highest BCUT2D eigenvalue weighted by Gasteiger charge is 2.19. The van der Waals surface area contributed by atoms with Crippen LogP contribution in [-0.2, 0) is 41.9 Å². The van der Waals surface area contributed by atoms with E-state index in [1.807, 2.05) is 20.8 Å². The van der Waals surface area contributed by atoms with Gasteiger partial charge in [0.15, 0.2) is 17.1 Å². The van der Waals surface area contributed by atoms with E-state index in [0.29, 0.717) is 93.0 Å². The first-order chi connectivity index (χ1) is 25.5. The molecule has 5 rings (SSSR count). The fourth-order valence-corrected chi connectivity index (χ4v) is 4.85. The lowest BCUT2D eigenvalue weighted by Gasteiger charge is -2.19. The molecule has 0 saturated carbocycles. The number of aromatic nitrogens is 6. The summed E-state index contributed by atoms with van der Waals surface area (Å²) in [4.78, 5) is 45.9. The number of hydrogen-bond acceptors (Lipinski definition) is 13. The Morgan fingerprint density at radius 2 is 1.57 bits per heavy atom. The van der Waals surface area contributed by atoms with Gasteiger partial charge in [-0.1, -0.05) is 12.1 Å². The van der Waals surface area contributed by atoms with Crippen molar-refractivity contribution in [3.8, 4) is 11.6 Å². The summed E-state index contributed by atoms with van der Waals surface area (Å²) in [7, 11) is 1.77. The molecule has 4 aromatic heterocycles. The largest absolute Gasteiger partial charge is 0.465 e. The highest BCUT2D eigenvalue weighted by Crippen LogP contribution is 2.24. The van der Waals surface area contributed by atoms with Crippen molar-refractivity contribution in [1.29, 1.82) is 0 Å². The summed E-state index contributed by atoms with van der Waals surface area (Å²) in [6.07, 6.45) is 4.17. The van der Waals surface area contributed by atoms with E-state index in [0.717, 1.165) is 5.56 Å². The third-order valence-electron chi connectivity index (χ3n) is 7.17. The SMILES string of the molecule is Cn1cc2c(nc(NC(=O)Nc3ccc(CC(=O)OCCCOCCOCCOCCCNC(=O)OC(C)(C)C)cc3)n3nc(-c4ccco4)nc23)n1. The molecule has 0 aliphatic rings. The zero-order chi connectivity index (χ0) is 37.6. The maximum atomic E-state index is 12.9. The van der Waals surface area contributed by atoms with E-state index in [1.165, 1.54) is 10.8 Å². The smallest absolute Gasteiger partial charge is 0.407 e. The number of alkyl carbamates (subject to hydrolysis) is 1. The molecule has 1 aromatic carbocycles. The minimum Gasteiger partial charge on any atom is -0.465 e. The van der Waals surface area contributed by atoms with E-state index in [4.69, 9.17) is 28.1 Å². The molecule has 53 heavy (non-hydrogen) atoms. The molecule has 0 spiro atoms. The van der Waals surface area contributed by atoms with Crippen molar-refractivity contribution in [3.63, 3.8) is 0 Å². The summed E-state index contributed by atoms with van der Waals surface area (Å²) in [6.45, 7) is 8.81. The van der Waals surface area contributed by atoms with E-state index in [-0.39, 0.29) is 24.9 Å². The number of aryl methyl sites for hydroxylation is 1. The Bertz CT molecular complexity index is 1930. The summed E-state index contributed by atoms with van der Waals surface area (Å²) in [5.74, 6) is 0.554. The monoisotopic (exact) mass is 735 g/mol. The summed E-state index contributed by atoms with van der Waals surface area (Å²) >= 11 is 0. The Morgan fingerprint density at radius 3 is 2.26 bits per heavy atom. The van der Waals surface area contributed by atoms with Crippen LogP contribution in [0.4, 0.5) is 21.2 Å². The Balaban J connectivity index is 0.923. The van der Waals surface area contributed by atoms with Crippen LogP contribution in [0.1, 0.15) is 39.2 Å². The van der Waals surface area contributed by atoms with Crippen LogP contribution in [0.5, 0.6) is 0 Å². The van der Waals surface area contributed by atoms with Gasteiger partial charge in [-0.05, 0) is 57.0 Å². The Morgan fingerprint density at radius 1 is 0.849 bits per heavy atom. The van der Waals surface area contributed by atoms with Crippen LogP contribution in [0.3, 0.4) is 0 Å². The average molecular weight is 736 g/mol. The second kappa shape index (κ2) is 18.8. The molecule has 0 atom stereocenters. The van der Waals surface area contributed by atoms with Gasteiger partial charge in [0.2, 0.25) is 11.8 Å². The number of nitrogens with one attached hydrogen (secondary N) is 3. The lowest BCUT2D eigenvalue weighted by Crippen LogP contribution is -2.33. The van der Waals surface area contributed by atoms with Crippen molar-refractivity contribution in [2.24, 2.45) is 7.05 Å². The van der Waals surface area contributed by atoms with Crippen molar-refractivity contribution in [1.82, 2.24) is 34.7 Å². The number of rotatable bonds is 19. The molecular weight excluding hydrogens is 690 g/mol. The number of urea groups is 1. The van der Waals surface area contributed by atoms with Crippen LogP contribution >= 0.6 is 0 Å². The lowest BCUT2D eigenvalue weighted by molar-refractivity contribution is -0.143. The third-order valence-corrected chi connectivity index (χ3v) is 7.17. The standard InChI is InChI=1S/C35H45N9O9/c1-35(2,3)53-34(47)36-13-6-14-48-18-20-50-21-19-49-15-7-17-52-28(45)22-24-9-11-25(12-10-24)37-33(46)40-32-39-29-26(23-43(4)41-29)31-38-30(42-44(31)32)27-8-5-16-51-27/h5,8-12,16,23H,6-7,13-15,17-22H2,1-4H3,(H,36,47)(H2,37,39,40,41,46). The van der Waals surface area contributed by atoms with E-state index < -0.39 is 17.7 Å². The van der Waals surface area contributed by atoms with Crippen LogP contribution in [0.15, 0.2) is 53.3 Å². The topological polar surface area (TPSA) is 207 Å². The fourth-order valence-electron chi connectivity index (χ4n) is 4.85. The van der Waals surface area contributed by atoms with Gasteiger partial charge in [-0.2, -0.15) is 14.6 Å². The van der Waals surface area contributed by atoms with E-state index >= 15 is 0 Å². The third kappa shape index (κ3) is 12.3. The zero-order valence-electron chi connectivity index (χ0n) is 30.3. The molecule has 4 heterocycles. The second-order valence-corrected chi connectivity index (χ2v) is 12.8. The maximum Gasteiger partial charge on any atom is 0.407 e. The second-order valence-electron chi connectivity index (χ2n) is 12.8. The number of carbonyl (C=O) groups is 3. The van der Waals surface area contributed by atoms with Gasteiger partial charge in [0.05, 0.1) is 51.1 Å². The van der Waals surface area contributed by atoms with Gasteiger partial charge in [-0.15, -0.1) is 5.10 Å². The van der Waals surface area contributed by atoms with E-state index in [9.17, 15) is 14.4 Å². The number of carbonyl (C=O) groups excluding carboxylic acids is 3. The molecule has 0 unspecified atom stereocenters. The molecular formula is C35H45N9O9. The number of amides is 3. The number of hydrogen-bond donors (Lipinski definition) is 3. The van der Waals surface area contributed by atoms with Gasteiger partial charge >= 0.3 is 18.1 Å². The zero-order valence-corrected chi connectivity index (χ0v) is 30.3. The van der Waals surface area contributed by atoms with E-state index in [2.05, 4.69) is 36.1 Å². The number of nitrogens with zero attached hydrogens (tertiary/aromatic N) is 6. The van der Waals surface area contributed by atoms with E-state index in [1.54, 1.807) is 54.3 Å². The molecule has 18 heteroatoms. The van der Waals surface area contributed by atoms with Gasteiger partial charge < -0.3 is 38.7 Å². The Labute approximate surface area is 305 Å². The maximum absolute atomic E-state index is 12.9. The first-order valence-corrected chi connectivity index (χ1v) is 17.2. The minimum atomic E-state index is -0.558. The van der Waals surface area contributed by atoms with Gasteiger partial charge in [0.1, 0.15) is 5.60 Å². The molecule has 284 valence electrons. The molecule has 3 N–H and O–H groups in total. The lowest BCUT2D eigenvalue weighted by atomic mass is 10.1. The number of fused-ring (bicyclic) bond motifs is 3. The fraction of sp³-hybridized carbons (Fsp3) is 0.457. The number of anilines is 2. The highest BCUT2D eigenvalue weighted by atomic mass is 16.6. The van der Waals surface area contributed by atoms with Crippen molar-refractivity contribution >= 4 is 46.4 Å². The quantitative estimate of drug-likeness (QED) is 0.0797. The molecule has 5 aromatic rings.